The summed E-state index contributed by atoms with van der Waals surface area (Å²) in [6.07, 6.45) is -3.74. The first-order valence-electron chi connectivity index (χ1n) is 12.7. The number of hydrogen-bond donors (Lipinski definition) is 1. The van der Waals surface area contributed by atoms with Crippen molar-refractivity contribution < 1.29 is 27.1 Å². The second kappa shape index (κ2) is 10.3. The summed E-state index contributed by atoms with van der Waals surface area (Å²) in [4.78, 5) is 23.5. The molecule has 1 aliphatic heterocycles. The number of carbonyl (C=O) groups is 1. The number of benzene rings is 2. The highest BCUT2D eigenvalue weighted by Crippen LogP contribution is 2.39. The predicted molar refractivity (Wildman–Crippen MR) is 140 cm³/mol. The minimum atomic E-state index is -4.64. The molecule has 0 saturated carbocycles. The van der Waals surface area contributed by atoms with Crippen LogP contribution in [-0.4, -0.2) is 41.0 Å². The molecule has 0 aliphatic carbocycles. The van der Waals surface area contributed by atoms with Gasteiger partial charge in [0, 0.05) is 24.0 Å². The molecular formula is C29H26F3N5O3. The zero-order valence-electron chi connectivity index (χ0n) is 21.8. The Morgan fingerprint density at radius 2 is 1.82 bits per heavy atom. The third-order valence-electron chi connectivity index (χ3n) is 7.28. The van der Waals surface area contributed by atoms with Crippen LogP contribution in [0.15, 0.2) is 59.0 Å². The van der Waals surface area contributed by atoms with E-state index in [2.05, 4.69) is 16.0 Å². The molecule has 0 spiro atoms. The van der Waals surface area contributed by atoms with Crippen LogP contribution in [0.5, 0.6) is 5.75 Å². The molecule has 0 radical (unpaired) electrons. The number of fused-ring (bicyclic) bond motifs is 1. The molecule has 3 heterocycles. The second-order valence-electron chi connectivity index (χ2n) is 9.78. The first kappa shape index (κ1) is 27.1. The number of nitrogens with two attached hydrogens (primary N) is 1. The summed E-state index contributed by atoms with van der Waals surface area (Å²) < 4.78 is 51.2. The van der Waals surface area contributed by atoms with Crippen molar-refractivity contribution in [3.63, 3.8) is 0 Å². The summed E-state index contributed by atoms with van der Waals surface area (Å²) >= 11 is 0. The van der Waals surface area contributed by atoms with Gasteiger partial charge in [0.05, 0.1) is 24.6 Å². The molecule has 0 bridgehead atoms. The van der Waals surface area contributed by atoms with Crippen molar-refractivity contribution in [2.45, 2.75) is 37.4 Å². The maximum absolute atomic E-state index is 13.6. The molecule has 1 atom stereocenters. The van der Waals surface area contributed by atoms with Gasteiger partial charge in [-0.15, -0.1) is 0 Å². The Hall–Kier alpha value is -4.43. The quantitative estimate of drug-likeness (QED) is 0.343. The second-order valence-corrected chi connectivity index (χ2v) is 9.78. The van der Waals surface area contributed by atoms with E-state index in [4.69, 9.17) is 14.9 Å². The average molecular weight is 550 g/mol. The van der Waals surface area contributed by atoms with Crippen molar-refractivity contribution in [1.29, 1.82) is 5.26 Å². The van der Waals surface area contributed by atoms with Crippen molar-refractivity contribution in [3.05, 3.63) is 77.3 Å². The first-order valence-corrected chi connectivity index (χ1v) is 12.7. The molecular weight excluding hydrogens is 523 g/mol. The Morgan fingerprint density at radius 3 is 2.42 bits per heavy atom. The van der Waals surface area contributed by atoms with Crippen molar-refractivity contribution in [2.24, 2.45) is 5.73 Å². The van der Waals surface area contributed by atoms with Crippen molar-refractivity contribution in [2.75, 3.05) is 20.2 Å². The monoisotopic (exact) mass is 549 g/mol. The third-order valence-corrected chi connectivity index (χ3v) is 7.28. The fourth-order valence-electron chi connectivity index (χ4n) is 5.07. The summed E-state index contributed by atoms with van der Waals surface area (Å²) in [7, 11) is 1.34. The lowest BCUT2D eigenvalue weighted by Crippen LogP contribution is -2.45. The Kier molecular flexibility index (Phi) is 6.98. The van der Waals surface area contributed by atoms with Gasteiger partial charge in [-0.2, -0.15) is 18.4 Å². The van der Waals surface area contributed by atoms with E-state index in [1.54, 1.807) is 17.9 Å². The van der Waals surface area contributed by atoms with Crippen LogP contribution in [0.3, 0.4) is 0 Å². The molecule has 8 nitrogen and oxygen atoms in total. The number of ether oxygens (including phenoxy) is 1. The maximum atomic E-state index is 13.6. The van der Waals surface area contributed by atoms with Crippen LogP contribution in [0, 0.1) is 11.3 Å². The molecule has 206 valence electrons. The molecule has 2 N–H and O–H groups in total. The molecule has 11 heteroatoms. The van der Waals surface area contributed by atoms with Crippen LogP contribution in [0.1, 0.15) is 53.3 Å². The highest BCUT2D eigenvalue weighted by atomic mass is 19.4. The zero-order chi connectivity index (χ0) is 28.7. The lowest BCUT2D eigenvalue weighted by Gasteiger charge is -2.37. The number of alkyl halides is 3. The van der Waals surface area contributed by atoms with Crippen LogP contribution >= 0.6 is 0 Å². The van der Waals surface area contributed by atoms with E-state index in [1.165, 1.54) is 19.2 Å². The number of aromatic nitrogens is 2. The fourth-order valence-corrected chi connectivity index (χ4v) is 5.07. The lowest BCUT2D eigenvalue weighted by atomic mass is 9.74. The highest BCUT2D eigenvalue weighted by molar-refractivity contribution is 5.98. The Bertz CT molecular complexity index is 1600. The zero-order valence-corrected chi connectivity index (χ0v) is 21.8. The molecule has 1 amide bonds. The summed E-state index contributed by atoms with van der Waals surface area (Å²) in [5, 5.41) is 10.3. The van der Waals surface area contributed by atoms with Gasteiger partial charge in [0.2, 0.25) is 5.89 Å². The van der Waals surface area contributed by atoms with Gasteiger partial charge in [-0.25, -0.2) is 9.97 Å². The van der Waals surface area contributed by atoms with E-state index in [0.29, 0.717) is 36.9 Å². The van der Waals surface area contributed by atoms with E-state index in [9.17, 15) is 23.2 Å². The summed E-state index contributed by atoms with van der Waals surface area (Å²) in [6.45, 7) is 2.31. The smallest absolute Gasteiger partial charge is 0.433 e. The number of nitriles is 1. The molecule has 1 saturated heterocycles. The maximum Gasteiger partial charge on any atom is 0.433 e. The highest BCUT2D eigenvalue weighted by Gasteiger charge is 2.39. The number of pyridine rings is 1. The first-order chi connectivity index (χ1) is 19.1. The molecule has 2 aromatic heterocycles. The molecule has 5 rings (SSSR count). The molecule has 2 aromatic carbocycles. The number of likely N-dealkylation sites (tertiary alicyclic amines) is 1. The third kappa shape index (κ3) is 4.75. The van der Waals surface area contributed by atoms with Gasteiger partial charge in [-0.3, -0.25) is 4.79 Å². The van der Waals surface area contributed by atoms with Gasteiger partial charge < -0.3 is 19.8 Å². The van der Waals surface area contributed by atoms with E-state index >= 15 is 0 Å². The standard InChI is InChI=1S/C29H26F3N5O3/c1-17(34)25-24(27(38)37-14-12-28(16-33,13-15-37)18-6-4-3-5-7-18)36-26(40-25)20-8-10-21(39-2)23-19(20)9-11-22(35-23)29(30,31)32/h3-11,17H,12-15,34H2,1-2H3/t17-/m0/s1. The summed E-state index contributed by atoms with van der Waals surface area (Å²) in [5.41, 5.74) is 5.63. The number of amides is 1. The van der Waals surface area contributed by atoms with Gasteiger partial charge in [-0.1, -0.05) is 30.3 Å². The number of methoxy groups -OCH3 is 1. The molecule has 1 fully saturated rings. The van der Waals surface area contributed by atoms with Gasteiger partial charge in [0.25, 0.3) is 5.91 Å². The minimum Gasteiger partial charge on any atom is -0.494 e. The van der Waals surface area contributed by atoms with Gasteiger partial charge in [-0.05, 0) is 49.6 Å². The largest absolute Gasteiger partial charge is 0.494 e. The van der Waals surface area contributed by atoms with Crippen LogP contribution in [0.2, 0.25) is 0 Å². The van der Waals surface area contributed by atoms with Crippen LogP contribution in [-0.2, 0) is 11.6 Å². The Labute approximate surface area is 228 Å². The van der Waals surface area contributed by atoms with Gasteiger partial charge in [0.1, 0.15) is 17.0 Å². The fraction of sp³-hybridized carbons (Fsp3) is 0.310. The van der Waals surface area contributed by atoms with Crippen LogP contribution in [0.25, 0.3) is 22.4 Å². The Morgan fingerprint density at radius 1 is 1.12 bits per heavy atom. The number of rotatable bonds is 5. The van der Waals surface area contributed by atoms with Gasteiger partial charge >= 0.3 is 6.18 Å². The number of carbonyl (C=O) groups excluding carboxylic acids is 1. The predicted octanol–water partition coefficient (Wildman–Crippen LogP) is 5.63. The molecule has 0 unspecified atom stereocenters. The van der Waals surface area contributed by atoms with Gasteiger partial charge in [0.15, 0.2) is 11.5 Å². The van der Waals surface area contributed by atoms with Crippen LogP contribution in [0.4, 0.5) is 13.2 Å². The Balaban J connectivity index is 1.49. The van der Waals surface area contributed by atoms with E-state index in [1.807, 2.05) is 30.3 Å². The minimum absolute atomic E-state index is 0.0203. The van der Waals surface area contributed by atoms with Crippen molar-refractivity contribution in [3.8, 4) is 23.3 Å². The summed E-state index contributed by atoms with van der Waals surface area (Å²) in [5.74, 6) is -0.0634. The van der Waals surface area contributed by atoms with E-state index < -0.39 is 29.2 Å². The normalized spacial score (nSPS) is 16.0. The number of nitrogens with zero attached hydrogens (tertiary/aromatic N) is 4. The SMILES string of the molecule is COc1ccc(-c2nc(C(=O)N3CCC(C#N)(c4ccccc4)CC3)c([C@H](C)N)o2)c2ccc(C(F)(F)F)nc12. The molecule has 40 heavy (non-hydrogen) atoms. The molecule has 4 aromatic rings. The number of hydrogen-bond acceptors (Lipinski definition) is 7. The van der Waals surface area contributed by atoms with Crippen molar-refractivity contribution in [1.82, 2.24) is 14.9 Å². The van der Waals surface area contributed by atoms with E-state index in [0.717, 1.165) is 11.6 Å². The topological polar surface area (TPSA) is 118 Å². The van der Waals surface area contributed by atoms with Crippen LogP contribution < -0.4 is 10.5 Å². The number of oxazole rings is 1. The number of piperidine rings is 1. The van der Waals surface area contributed by atoms with Crippen molar-refractivity contribution >= 4 is 16.8 Å². The molecule has 1 aliphatic rings. The lowest BCUT2D eigenvalue weighted by molar-refractivity contribution is -0.140. The van der Waals surface area contributed by atoms with E-state index in [-0.39, 0.29) is 28.6 Å². The number of halogens is 3. The summed E-state index contributed by atoms with van der Waals surface area (Å²) in [6, 6.07) is 16.5. The average Bonchev–Trinajstić information content (AvgIpc) is 3.41.